The average Bonchev–Trinajstić information content (AvgIpc) is 2.63. The smallest absolute Gasteiger partial charge is 0.218 e. The molecule has 1 aliphatic carbocycles. The van der Waals surface area contributed by atoms with Gasteiger partial charge in [-0.3, -0.25) is 0 Å². The molecule has 0 bridgehead atoms. The van der Waals surface area contributed by atoms with Crippen molar-refractivity contribution >= 4 is 22.6 Å². The van der Waals surface area contributed by atoms with Crippen LogP contribution in [-0.2, 0) is 0 Å². The van der Waals surface area contributed by atoms with E-state index < -0.39 is 12.1 Å². The summed E-state index contributed by atoms with van der Waals surface area (Å²) in [6.45, 7) is 0. The molecule has 8 heteroatoms. The molecule has 1 aliphatic rings. The number of hydrogen-bond acceptors (Lipinski definition) is 3. The number of tetrazole rings is 1. The lowest BCUT2D eigenvalue weighted by atomic mass is 9.85. The highest BCUT2D eigenvalue weighted by atomic mass is 127. The van der Waals surface area contributed by atoms with Crippen molar-refractivity contribution in [3.05, 3.63) is 3.83 Å². The molecule has 90 valence electrons. The Labute approximate surface area is 104 Å². The fourth-order valence-corrected chi connectivity index (χ4v) is 2.68. The molecule has 2 atom stereocenters. The Morgan fingerprint density at radius 2 is 2.06 bits per heavy atom. The molecule has 0 spiro atoms. The van der Waals surface area contributed by atoms with Crippen molar-refractivity contribution in [2.75, 3.05) is 0 Å². The zero-order valence-corrected chi connectivity index (χ0v) is 10.4. The molecule has 0 saturated heterocycles. The third-order valence-corrected chi connectivity index (χ3v) is 3.62. The minimum absolute atomic E-state index is 0.0878. The van der Waals surface area contributed by atoms with Crippen molar-refractivity contribution in [2.24, 2.45) is 5.92 Å². The number of hydrogen-bond donors (Lipinski definition) is 0. The second kappa shape index (κ2) is 4.46. The first-order valence-electron chi connectivity index (χ1n) is 4.98. The molecule has 1 heterocycles. The quantitative estimate of drug-likeness (QED) is 0.735. The van der Waals surface area contributed by atoms with Crippen LogP contribution in [0.15, 0.2) is 0 Å². The molecule has 1 saturated carbocycles. The topological polar surface area (TPSA) is 43.6 Å². The Bertz CT molecular complexity index is 364. The van der Waals surface area contributed by atoms with Gasteiger partial charge in [-0.2, -0.15) is 13.2 Å². The Morgan fingerprint density at radius 3 is 2.62 bits per heavy atom. The number of rotatable bonds is 1. The molecule has 0 aromatic carbocycles. The molecule has 16 heavy (non-hydrogen) atoms. The lowest BCUT2D eigenvalue weighted by molar-refractivity contribution is -0.185. The SMILES string of the molecule is FC(F)(F)C1CCCC(n2nnnc2I)C1. The maximum atomic E-state index is 12.6. The van der Waals surface area contributed by atoms with Gasteiger partial charge in [0.25, 0.3) is 0 Å². The van der Waals surface area contributed by atoms with Crippen molar-refractivity contribution in [2.45, 2.75) is 37.9 Å². The van der Waals surface area contributed by atoms with Crippen molar-refractivity contribution in [1.29, 1.82) is 0 Å². The van der Waals surface area contributed by atoms with Crippen LogP contribution in [-0.4, -0.2) is 26.4 Å². The van der Waals surface area contributed by atoms with Crippen molar-refractivity contribution in [3.8, 4) is 0 Å². The first-order valence-corrected chi connectivity index (χ1v) is 6.06. The molecule has 0 amide bonds. The van der Waals surface area contributed by atoms with Crippen LogP contribution in [0, 0.1) is 9.75 Å². The van der Waals surface area contributed by atoms with E-state index in [2.05, 4.69) is 15.5 Å². The summed E-state index contributed by atoms with van der Waals surface area (Å²) >= 11 is 1.93. The van der Waals surface area contributed by atoms with Gasteiger partial charge in [-0.25, -0.2) is 4.68 Å². The van der Waals surface area contributed by atoms with E-state index in [1.807, 2.05) is 22.6 Å². The van der Waals surface area contributed by atoms with Gasteiger partial charge in [-0.1, -0.05) is 6.42 Å². The molecule has 1 aromatic rings. The van der Waals surface area contributed by atoms with E-state index in [4.69, 9.17) is 0 Å². The highest BCUT2D eigenvalue weighted by Gasteiger charge is 2.43. The van der Waals surface area contributed by atoms with Gasteiger partial charge in [0.1, 0.15) is 0 Å². The van der Waals surface area contributed by atoms with E-state index in [0.29, 0.717) is 16.7 Å². The molecule has 0 aliphatic heterocycles. The maximum absolute atomic E-state index is 12.6. The summed E-state index contributed by atoms with van der Waals surface area (Å²) in [5, 5.41) is 10.9. The second-order valence-corrected chi connectivity index (χ2v) is 4.92. The van der Waals surface area contributed by atoms with Crippen LogP contribution in [0.3, 0.4) is 0 Å². The lowest BCUT2D eigenvalue weighted by Gasteiger charge is -2.30. The predicted molar refractivity (Wildman–Crippen MR) is 57.6 cm³/mol. The van der Waals surface area contributed by atoms with Crippen LogP contribution in [0.1, 0.15) is 31.7 Å². The molecule has 1 aromatic heterocycles. The summed E-state index contributed by atoms with van der Waals surface area (Å²) in [6.07, 6.45) is -2.50. The zero-order valence-electron chi connectivity index (χ0n) is 8.28. The van der Waals surface area contributed by atoms with Crippen molar-refractivity contribution < 1.29 is 13.2 Å². The molecular weight excluding hydrogens is 336 g/mol. The molecule has 2 rings (SSSR count). The molecule has 1 fully saturated rings. The summed E-state index contributed by atoms with van der Waals surface area (Å²) in [5.41, 5.74) is 0. The van der Waals surface area contributed by atoms with Crippen LogP contribution in [0.2, 0.25) is 0 Å². The summed E-state index contributed by atoms with van der Waals surface area (Å²) < 4.78 is 39.8. The minimum atomic E-state index is -4.10. The normalized spacial score (nSPS) is 27.0. The highest BCUT2D eigenvalue weighted by Crippen LogP contribution is 2.41. The summed E-state index contributed by atoms with van der Waals surface area (Å²) in [6, 6.07) is -0.220. The average molecular weight is 346 g/mol. The summed E-state index contributed by atoms with van der Waals surface area (Å²) in [7, 11) is 0. The third kappa shape index (κ3) is 2.46. The monoisotopic (exact) mass is 346 g/mol. The number of alkyl halides is 3. The fourth-order valence-electron chi connectivity index (χ4n) is 2.09. The Balaban J connectivity index is 2.11. The number of nitrogens with zero attached hydrogens (tertiary/aromatic N) is 4. The van der Waals surface area contributed by atoms with E-state index in [1.54, 1.807) is 0 Å². The Hall–Kier alpha value is -0.410. The van der Waals surface area contributed by atoms with Crippen LogP contribution < -0.4 is 0 Å². The van der Waals surface area contributed by atoms with Crippen LogP contribution in [0.4, 0.5) is 13.2 Å². The van der Waals surface area contributed by atoms with Crippen LogP contribution in [0.25, 0.3) is 0 Å². The largest absolute Gasteiger partial charge is 0.391 e. The first-order chi connectivity index (χ1) is 7.48. The van der Waals surface area contributed by atoms with Gasteiger partial charge in [0.15, 0.2) is 0 Å². The van der Waals surface area contributed by atoms with Crippen LogP contribution in [0.5, 0.6) is 0 Å². The van der Waals surface area contributed by atoms with Crippen LogP contribution >= 0.6 is 22.6 Å². The lowest BCUT2D eigenvalue weighted by Crippen LogP contribution is -2.30. The Kier molecular flexibility index (Phi) is 3.36. The van der Waals surface area contributed by atoms with E-state index in [9.17, 15) is 13.2 Å². The number of halogens is 4. The standard InChI is InChI=1S/C8H10F3IN4/c9-8(10,11)5-2-1-3-6(4-5)16-7(12)13-14-15-16/h5-6H,1-4H2. The first kappa shape index (κ1) is 12.1. The molecule has 2 unspecified atom stereocenters. The maximum Gasteiger partial charge on any atom is 0.391 e. The van der Waals surface area contributed by atoms with Gasteiger partial charge in [0.2, 0.25) is 3.83 Å². The second-order valence-electron chi connectivity index (χ2n) is 3.95. The summed E-state index contributed by atoms with van der Waals surface area (Å²) in [4.78, 5) is 0. The highest BCUT2D eigenvalue weighted by molar-refractivity contribution is 14.1. The Morgan fingerprint density at radius 1 is 1.31 bits per heavy atom. The molecule has 0 N–H and O–H groups in total. The van der Waals surface area contributed by atoms with E-state index in [0.717, 1.165) is 0 Å². The molecule has 4 nitrogen and oxygen atoms in total. The number of aromatic nitrogens is 4. The van der Waals surface area contributed by atoms with E-state index >= 15 is 0 Å². The van der Waals surface area contributed by atoms with Crippen molar-refractivity contribution in [3.63, 3.8) is 0 Å². The predicted octanol–water partition coefficient (Wildman–Crippen LogP) is 2.57. The van der Waals surface area contributed by atoms with E-state index in [1.165, 1.54) is 4.68 Å². The minimum Gasteiger partial charge on any atom is -0.218 e. The van der Waals surface area contributed by atoms with Gasteiger partial charge < -0.3 is 0 Å². The van der Waals surface area contributed by atoms with Gasteiger partial charge in [0.05, 0.1) is 12.0 Å². The van der Waals surface area contributed by atoms with Gasteiger partial charge in [-0.15, -0.1) is 5.10 Å². The third-order valence-electron chi connectivity index (χ3n) is 2.91. The van der Waals surface area contributed by atoms with E-state index in [-0.39, 0.29) is 18.9 Å². The fraction of sp³-hybridized carbons (Fsp3) is 0.875. The van der Waals surface area contributed by atoms with Crippen molar-refractivity contribution in [1.82, 2.24) is 20.2 Å². The molecule has 0 radical (unpaired) electrons. The molecular formula is C8H10F3IN4. The summed E-state index contributed by atoms with van der Waals surface area (Å²) in [5.74, 6) is -1.22. The van der Waals surface area contributed by atoms with Gasteiger partial charge >= 0.3 is 6.18 Å². The van der Waals surface area contributed by atoms with Gasteiger partial charge in [-0.05, 0) is 29.7 Å². The zero-order chi connectivity index (χ0) is 11.8. The van der Waals surface area contributed by atoms with Gasteiger partial charge in [0, 0.05) is 22.6 Å².